The predicted molar refractivity (Wildman–Crippen MR) is 165 cm³/mol. The lowest BCUT2D eigenvalue weighted by Crippen LogP contribution is -2.14. The third-order valence-corrected chi connectivity index (χ3v) is 8.69. The summed E-state index contributed by atoms with van der Waals surface area (Å²) in [4.78, 5) is 19.5. The van der Waals surface area contributed by atoms with Crippen molar-refractivity contribution in [2.24, 2.45) is 4.99 Å². The second kappa shape index (κ2) is 12.0. The molecular weight excluding hydrogens is 713 g/mol. The van der Waals surface area contributed by atoms with E-state index in [4.69, 9.17) is 9.73 Å². The molecule has 1 aromatic heterocycles. The van der Waals surface area contributed by atoms with Gasteiger partial charge in [0, 0.05) is 25.9 Å². The van der Waals surface area contributed by atoms with E-state index in [0.29, 0.717) is 17.9 Å². The minimum Gasteiger partial charge on any atom is -0.487 e. The number of nitrogens with one attached hydrogen (secondary N) is 1. The molecule has 37 heavy (non-hydrogen) atoms. The van der Waals surface area contributed by atoms with Gasteiger partial charge < -0.3 is 10.1 Å². The van der Waals surface area contributed by atoms with Crippen molar-refractivity contribution in [3.8, 4) is 5.75 Å². The van der Waals surface area contributed by atoms with E-state index in [1.54, 1.807) is 29.7 Å². The first kappa shape index (κ1) is 26.3. The Labute approximate surface area is 246 Å². The number of benzene rings is 3. The van der Waals surface area contributed by atoms with Gasteiger partial charge in [-0.15, -0.1) is 11.3 Å². The number of aliphatic imine (C=N–C) groups is 1. The van der Waals surface area contributed by atoms with Crippen LogP contribution in [0.3, 0.4) is 0 Å². The predicted octanol–water partition coefficient (Wildman–Crippen LogP) is 8.56. The molecule has 4 aromatic rings. The van der Waals surface area contributed by atoms with Crippen LogP contribution in [0.2, 0.25) is 0 Å². The van der Waals surface area contributed by atoms with Crippen LogP contribution in [0.1, 0.15) is 44.8 Å². The highest BCUT2D eigenvalue weighted by molar-refractivity contribution is 14.1. The van der Waals surface area contributed by atoms with E-state index < -0.39 is 0 Å². The molecule has 5 rings (SSSR count). The number of halogens is 3. The Morgan fingerprint density at radius 3 is 2.59 bits per heavy atom. The van der Waals surface area contributed by atoms with Gasteiger partial charge in [-0.25, -0.2) is 9.38 Å². The SMILES string of the molecule is O=C(Nc1ccccc1)c1c(N=Cc2cc(I)cc(I)c2OCc2ccc(F)cc2)sc2c1CCCC2. The van der Waals surface area contributed by atoms with Crippen molar-refractivity contribution in [1.82, 2.24) is 0 Å². The highest BCUT2D eigenvalue weighted by Gasteiger charge is 2.25. The van der Waals surface area contributed by atoms with Crippen molar-refractivity contribution in [2.45, 2.75) is 32.3 Å². The molecule has 0 spiro atoms. The first-order valence-electron chi connectivity index (χ1n) is 11.9. The van der Waals surface area contributed by atoms with Crippen LogP contribution < -0.4 is 10.1 Å². The minimum atomic E-state index is -0.272. The summed E-state index contributed by atoms with van der Waals surface area (Å²) in [6.07, 6.45) is 5.88. The second-order valence-electron chi connectivity index (χ2n) is 8.69. The summed E-state index contributed by atoms with van der Waals surface area (Å²) < 4.78 is 21.5. The van der Waals surface area contributed by atoms with Gasteiger partial charge in [-0.1, -0.05) is 30.3 Å². The van der Waals surface area contributed by atoms with Crippen LogP contribution >= 0.6 is 56.5 Å². The summed E-state index contributed by atoms with van der Waals surface area (Å²) in [5.41, 5.74) is 4.28. The zero-order chi connectivity index (χ0) is 25.8. The van der Waals surface area contributed by atoms with E-state index >= 15 is 0 Å². The Morgan fingerprint density at radius 1 is 1.05 bits per heavy atom. The van der Waals surface area contributed by atoms with E-state index in [2.05, 4.69) is 50.5 Å². The number of thiophene rings is 1. The number of amides is 1. The lowest BCUT2D eigenvalue weighted by atomic mass is 9.95. The number of carbonyl (C=O) groups is 1. The third kappa shape index (κ3) is 6.40. The molecule has 0 atom stereocenters. The monoisotopic (exact) mass is 736 g/mol. The fourth-order valence-electron chi connectivity index (χ4n) is 4.28. The molecule has 4 nitrogen and oxygen atoms in total. The van der Waals surface area contributed by atoms with Crippen LogP contribution in [0.4, 0.5) is 15.1 Å². The number of nitrogens with zero attached hydrogens (tertiary/aromatic N) is 1. The van der Waals surface area contributed by atoms with Gasteiger partial charge in [-0.2, -0.15) is 0 Å². The maximum absolute atomic E-state index is 13.4. The molecular formula is C29H23FI2N2O2S. The molecule has 1 aliphatic rings. The van der Waals surface area contributed by atoms with Gasteiger partial charge in [-0.05, 0) is 118 Å². The Morgan fingerprint density at radius 2 is 1.81 bits per heavy atom. The summed E-state index contributed by atoms with van der Waals surface area (Å²) >= 11 is 6.15. The Kier molecular flexibility index (Phi) is 8.56. The fourth-order valence-corrected chi connectivity index (χ4v) is 7.56. The molecule has 0 aliphatic heterocycles. The number of carbonyl (C=O) groups excluding carboxylic acids is 1. The average molecular weight is 736 g/mol. The third-order valence-electron chi connectivity index (χ3n) is 6.07. The van der Waals surface area contributed by atoms with Crippen LogP contribution in [-0.4, -0.2) is 12.1 Å². The van der Waals surface area contributed by atoms with Gasteiger partial charge in [-0.3, -0.25) is 4.79 Å². The summed E-state index contributed by atoms with van der Waals surface area (Å²) in [6, 6.07) is 19.9. The van der Waals surface area contributed by atoms with Crippen molar-refractivity contribution in [1.29, 1.82) is 0 Å². The van der Waals surface area contributed by atoms with Crippen LogP contribution in [0.25, 0.3) is 0 Å². The van der Waals surface area contributed by atoms with Crippen molar-refractivity contribution >= 4 is 79.3 Å². The Hall–Kier alpha value is -2.31. The maximum Gasteiger partial charge on any atom is 0.259 e. The molecule has 0 saturated heterocycles. The molecule has 0 radical (unpaired) electrons. The van der Waals surface area contributed by atoms with Gasteiger partial charge in [0.25, 0.3) is 5.91 Å². The van der Waals surface area contributed by atoms with Crippen LogP contribution in [-0.2, 0) is 19.4 Å². The molecule has 188 valence electrons. The quantitative estimate of drug-likeness (QED) is 0.153. The maximum atomic E-state index is 13.4. The molecule has 1 aliphatic carbocycles. The first-order chi connectivity index (χ1) is 18.0. The topological polar surface area (TPSA) is 50.7 Å². The lowest BCUT2D eigenvalue weighted by molar-refractivity contribution is 0.102. The number of hydrogen-bond acceptors (Lipinski definition) is 4. The zero-order valence-electron chi connectivity index (χ0n) is 19.8. The summed E-state index contributed by atoms with van der Waals surface area (Å²) in [7, 11) is 0. The van der Waals surface area contributed by atoms with E-state index in [9.17, 15) is 9.18 Å². The van der Waals surface area contributed by atoms with E-state index in [1.165, 1.54) is 17.0 Å². The molecule has 1 heterocycles. The number of anilines is 1. The lowest BCUT2D eigenvalue weighted by Gasteiger charge is -2.13. The van der Waals surface area contributed by atoms with E-state index in [-0.39, 0.29) is 11.7 Å². The van der Waals surface area contributed by atoms with Gasteiger partial charge in [0.2, 0.25) is 0 Å². The van der Waals surface area contributed by atoms with Crippen molar-refractivity contribution in [3.05, 3.63) is 107 Å². The molecule has 0 saturated carbocycles. The standard InChI is InChI=1S/C29H23FI2N2O2S/c30-20-12-10-18(11-13-20)17-36-27-19(14-21(31)15-24(27)32)16-33-29-26(23-8-4-5-9-25(23)37-29)28(35)34-22-6-2-1-3-7-22/h1-3,6-7,10-16H,4-5,8-9,17H2,(H,34,35). The zero-order valence-corrected chi connectivity index (χ0v) is 24.9. The van der Waals surface area contributed by atoms with Gasteiger partial charge in [0.05, 0.1) is 9.13 Å². The normalized spacial score (nSPS) is 12.9. The van der Waals surface area contributed by atoms with Gasteiger partial charge >= 0.3 is 0 Å². The molecule has 0 unspecified atom stereocenters. The highest BCUT2D eigenvalue weighted by Crippen LogP contribution is 2.40. The summed E-state index contributed by atoms with van der Waals surface area (Å²) in [6.45, 7) is 0.315. The number of rotatable bonds is 7. The first-order valence-corrected chi connectivity index (χ1v) is 14.9. The van der Waals surface area contributed by atoms with E-state index in [0.717, 1.165) is 60.2 Å². The Bertz CT molecular complexity index is 1450. The molecule has 3 aromatic carbocycles. The van der Waals surface area contributed by atoms with Crippen molar-refractivity contribution in [3.63, 3.8) is 0 Å². The summed E-state index contributed by atoms with van der Waals surface area (Å²) in [5.74, 6) is 0.319. The molecule has 1 amide bonds. The molecule has 0 fully saturated rings. The molecule has 0 bridgehead atoms. The number of fused-ring (bicyclic) bond motifs is 1. The smallest absolute Gasteiger partial charge is 0.259 e. The van der Waals surface area contributed by atoms with Crippen LogP contribution in [0.5, 0.6) is 5.75 Å². The van der Waals surface area contributed by atoms with Gasteiger partial charge in [0.15, 0.2) is 0 Å². The fraction of sp³-hybridized carbons (Fsp3) is 0.172. The molecule has 8 heteroatoms. The number of ether oxygens (including phenoxy) is 1. The van der Waals surface area contributed by atoms with Crippen LogP contribution in [0, 0.1) is 13.0 Å². The van der Waals surface area contributed by atoms with Crippen molar-refractivity contribution in [2.75, 3.05) is 5.32 Å². The van der Waals surface area contributed by atoms with Crippen LogP contribution in [0.15, 0.2) is 71.7 Å². The number of para-hydroxylation sites is 1. The number of aryl methyl sites for hydroxylation is 1. The number of hydrogen-bond donors (Lipinski definition) is 1. The molecule has 1 N–H and O–H groups in total. The van der Waals surface area contributed by atoms with E-state index in [1.807, 2.05) is 42.5 Å². The minimum absolute atomic E-state index is 0.122. The van der Waals surface area contributed by atoms with Gasteiger partial charge in [0.1, 0.15) is 23.2 Å². The Balaban J connectivity index is 1.46. The van der Waals surface area contributed by atoms with Crippen molar-refractivity contribution < 1.29 is 13.9 Å². The highest BCUT2D eigenvalue weighted by atomic mass is 127. The second-order valence-corrected chi connectivity index (χ2v) is 12.2. The average Bonchev–Trinajstić information content (AvgIpc) is 3.27. The largest absolute Gasteiger partial charge is 0.487 e. The summed E-state index contributed by atoms with van der Waals surface area (Å²) in [5, 5.41) is 3.77.